The molecule has 2 amide bonds. The number of halogens is 1. The lowest BCUT2D eigenvalue weighted by atomic mass is 9.97. The fourth-order valence-electron chi connectivity index (χ4n) is 6.64. The maximum Gasteiger partial charge on any atom is 0.335 e. The molecular formula is C33H39FN6O4. The minimum absolute atomic E-state index is 0.0196. The van der Waals surface area contributed by atoms with Crippen molar-refractivity contribution >= 4 is 23.6 Å². The van der Waals surface area contributed by atoms with Crippen molar-refractivity contribution in [2.45, 2.75) is 64.2 Å². The van der Waals surface area contributed by atoms with Gasteiger partial charge in [0.2, 0.25) is 5.95 Å². The molecule has 0 bridgehead atoms. The third-order valence-electron chi connectivity index (χ3n) is 9.13. The molecule has 0 saturated carbocycles. The van der Waals surface area contributed by atoms with Crippen molar-refractivity contribution in [2.75, 3.05) is 38.2 Å². The molecule has 0 aliphatic carbocycles. The van der Waals surface area contributed by atoms with Crippen molar-refractivity contribution in [1.29, 1.82) is 0 Å². The number of carboxylic acid groups (broad SMARTS) is 1. The lowest BCUT2D eigenvalue weighted by Gasteiger charge is -2.39. The highest BCUT2D eigenvalue weighted by Gasteiger charge is 2.46. The highest BCUT2D eigenvalue weighted by Crippen LogP contribution is 2.38. The first-order valence-electron chi connectivity index (χ1n) is 15.3. The molecule has 6 rings (SSSR count). The molecule has 3 saturated heterocycles. The molecule has 2 aromatic carbocycles. The SMILES string of the molecule is Cc1ccc(F)c(C2CN(C3CCOCC3)C(=O)N2C2CCN(Cc3cnc(Nc4ccc(C(=O)O)cc4)nc3C)CC2)c1. The number of aromatic nitrogens is 2. The zero-order chi connectivity index (χ0) is 30.8. The summed E-state index contributed by atoms with van der Waals surface area (Å²) >= 11 is 0. The summed E-state index contributed by atoms with van der Waals surface area (Å²) < 4.78 is 20.7. The third kappa shape index (κ3) is 6.39. The first-order valence-corrected chi connectivity index (χ1v) is 15.3. The van der Waals surface area contributed by atoms with Gasteiger partial charge in [0.1, 0.15) is 5.82 Å². The van der Waals surface area contributed by atoms with Gasteiger partial charge in [-0.2, -0.15) is 0 Å². The Morgan fingerprint density at radius 2 is 1.77 bits per heavy atom. The van der Waals surface area contributed by atoms with Crippen molar-refractivity contribution in [3.63, 3.8) is 0 Å². The number of hydrogen-bond donors (Lipinski definition) is 2. The van der Waals surface area contributed by atoms with Crippen LogP contribution in [0, 0.1) is 19.7 Å². The standard InChI is InChI=1S/C33H39FN6O4/c1-21-3-8-29(34)28(17-21)30-20-39(26-11-15-44-16-12-26)33(43)40(30)27-9-13-38(14-10-27)19-24-18-35-32(36-22(24)2)37-25-6-4-23(5-7-25)31(41)42/h3-8,17-18,26-27,30H,9-16,19-20H2,1-2H3,(H,41,42)(H,35,36,37). The fourth-order valence-corrected chi connectivity index (χ4v) is 6.64. The zero-order valence-electron chi connectivity index (χ0n) is 25.2. The average Bonchev–Trinajstić information content (AvgIpc) is 3.37. The van der Waals surface area contributed by atoms with Crippen molar-refractivity contribution in [1.82, 2.24) is 24.7 Å². The van der Waals surface area contributed by atoms with Crippen LogP contribution in [0.15, 0.2) is 48.7 Å². The van der Waals surface area contributed by atoms with E-state index in [1.165, 1.54) is 18.2 Å². The molecule has 11 heteroatoms. The molecule has 3 aromatic rings. The molecule has 4 heterocycles. The van der Waals surface area contributed by atoms with Gasteiger partial charge in [-0.25, -0.2) is 23.9 Å². The number of aryl methyl sites for hydroxylation is 2. The summed E-state index contributed by atoms with van der Waals surface area (Å²) in [4.78, 5) is 40.5. The predicted octanol–water partition coefficient (Wildman–Crippen LogP) is 5.30. The average molecular weight is 603 g/mol. The van der Waals surface area contributed by atoms with Crippen LogP contribution in [0.4, 0.5) is 20.8 Å². The van der Waals surface area contributed by atoms with Crippen LogP contribution < -0.4 is 5.32 Å². The normalized spacial score (nSPS) is 20.3. The van der Waals surface area contributed by atoms with Gasteiger partial charge < -0.3 is 25.0 Å². The number of piperidine rings is 1. The Kier molecular flexibility index (Phi) is 8.76. The monoisotopic (exact) mass is 602 g/mol. The van der Waals surface area contributed by atoms with Crippen molar-refractivity contribution in [3.05, 3.63) is 82.4 Å². The summed E-state index contributed by atoms with van der Waals surface area (Å²) in [5.41, 5.74) is 4.41. The fraction of sp³-hybridized carbons (Fsp3) is 0.455. The van der Waals surface area contributed by atoms with Gasteiger partial charge in [-0.15, -0.1) is 0 Å². The molecule has 1 aromatic heterocycles. The molecule has 3 aliphatic heterocycles. The van der Waals surface area contributed by atoms with Crippen LogP contribution in [-0.2, 0) is 11.3 Å². The number of nitrogens with zero attached hydrogens (tertiary/aromatic N) is 5. The molecule has 232 valence electrons. The lowest BCUT2D eigenvalue weighted by Crippen LogP contribution is -2.48. The number of amides is 2. The van der Waals surface area contributed by atoms with Crippen LogP contribution in [-0.4, -0.2) is 86.7 Å². The maximum atomic E-state index is 15.2. The van der Waals surface area contributed by atoms with Crippen LogP contribution in [0.25, 0.3) is 0 Å². The van der Waals surface area contributed by atoms with Gasteiger partial charge >= 0.3 is 12.0 Å². The van der Waals surface area contributed by atoms with E-state index in [0.717, 1.165) is 55.6 Å². The number of hydrogen-bond acceptors (Lipinski definition) is 7. The Bertz CT molecular complexity index is 1500. The first kappa shape index (κ1) is 30.0. The number of urea groups is 1. The van der Waals surface area contributed by atoms with Gasteiger partial charge in [-0.3, -0.25) is 4.90 Å². The third-order valence-corrected chi connectivity index (χ3v) is 9.13. The van der Waals surface area contributed by atoms with E-state index in [-0.39, 0.29) is 35.5 Å². The molecule has 1 atom stereocenters. The second-order valence-corrected chi connectivity index (χ2v) is 12.0. The van der Waals surface area contributed by atoms with E-state index in [2.05, 4.69) is 20.2 Å². The Balaban J connectivity index is 1.11. The van der Waals surface area contributed by atoms with Gasteiger partial charge in [-0.1, -0.05) is 17.7 Å². The quantitative estimate of drug-likeness (QED) is 0.358. The first-order chi connectivity index (χ1) is 21.3. The van der Waals surface area contributed by atoms with E-state index < -0.39 is 5.97 Å². The summed E-state index contributed by atoms with van der Waals surface area (Å²) in [6.45, 7) is 8.04. The molecule has 44 heavy (non-hydrogen) atoms. The second-order valence-electron chi connectivity index (χ2n) is 12.0. The van der Waals surface area contributed by atoms with E-state index in [1.54, 1.807) is 18.2 Å². The topological polar surface area (TPSA) is 111 Å². The van der Waals surface area contributed by atoms with E-state index in [0.29, 0.717) is 43.5 Å². The van der Waals surface area contributed by atoms with Gasteiger partial charge in [0, 0.05) is 80.2 Å². The van der Waals surface area contributed by atoms with Gasteiger partial charge in [0.25, 0.3) is 0 Å². The van der Waals surface area contributed by atoms with Crippen LogP contribution in [0.5, 0.6) is 0 Å². The van der Waals surface area contributed by atoms with Crippen molar-refractivity contribution < 1.29 is 23.8 Å². The minimum atomic E-state index is -0.971. The Labute approximate surface area is 256 Å². The summed E-state index contributed by atoms with van der Waals surface area (Å²) in [7, 11) is 0. The summed E-state index contributed by atoms with van der Waals surface area (Å²) in [5, 5.41) is 12.2. The van der Waals surface area contributed by atoms with Crippen LogP contribution in [0.1, 0.15) is 64.5 Å². The second kappa shape index (κ2) is 12.9. The summed E-state index contributed by atoms with van der Waals surface area (Å²) in [6, 6.07) is 11.5. The van der Waals surface area contributed by atoms with Crippen molar-refractivity contribution in [3.8, 4) is 0 Å². The van der Waals surface area contributed by atoms with Crippen LogP contribution >= 0.6 is 0 Å². The number of benzene rings is 2. The summed E-state index contributed by atoms with van der Waals surface area (Å²) in [6.07, 6.45) is 5.07. The highest BCUT2D eigenvalue weighted by molar-refractivity contribution is 5.88. The van der Waals surface area contributed by atoms with E-state index in [9.17, 15) is 9.59 Å². The number of anilines is 2. The van der Waals surface area contributed by atoms with Crippen LogP contribution in [0.2, 0.25) is 0 Å². The van der Waals surface area contributed by atoms with Crippen LogP contribution in [0.3, 0.4) is 0 Å². The molecule has 10 nitrogen and oxygen atoms in total. The van der Waals surface area contributed by atoms with Gasteiger partial charge in [0.05, 0.1) is 11.6 Å². The molecule has 0 radical (unpaired) electrons. The minimum Gasteiger partial charge on any atom is -0.478 e. The number of aromatic carboxylic acids is 1. The largest absolute Gasteiger partial charge is 0.478 e. The smallest absolute Gasteiger partial charge is 0.335 e. The number of likely N-dealkylation sites (tertiary alicyclic amines) is 1. The molecule has 0 spiro atoms. The Hall–Kier alpha value is -4.09. The maximum absolute atomic E-state index is 15.2. The van der Waals surface area contributed by atoms with Gasteiger partial charge in [0.15, 0.2) is 0 Å². The molecule has 2 N–H and O–H groups in total. The highest BCUT2D eigenvalue weighted by atomic mass is 19.1. The number of nitrogens with one attached hydrogen (secondary N) is 1. The predicted molar refractivity (Wildman–Crippen MR) is 163 cm³/mol. The van der Waals surface area contributed by atoms with E-state index in [1.807, 2.05) is 35.9 Å². The van der Waals surface area contributed by atoms with Crippen molar-refractivity contribution in [2.24, 2.45) is 0 Å². The number of rotatable bonds is 8. The van der Waals surface area contributed by atoms with Gasteiger partial charge in [-0.05, 0) is 69.9 Å². The van der Waals surface area contributed by atoms with E-state index in [4.69, 9.17) is 9.84 Å². The van der Waals surface area contributed by atoms with E-state index >= 15 is 4.39 Å². The molecular weight excluding hydrogens is 563 g/mol. The Morgan fingerprint density at radius 3 is 2.45 bits per heavy atom. The molecule has 3 fully saturated rings. The number of ether oxygens (including phenoxy) is 1. The lowest BCUT2D eigenvalue weighted by molar-refractivity contribution is 0.0493. The number of carbonyl (C=O) groups excluding carboxylic acids is 1. The molecule has 3 aliphatic rings. The number of carboxylic acids is 1. The Morgan fingerprint density at radius 1 is 1.05 bits per heavy atom. The molecule has 1 unspecified atom stereocenters. The summed E-state index contributed by atoms with van der Waals surface area (Å²) in [5.74, 6) is -0.777. The number of carbonyl (C=O) groups is 2. The zero-order valence-corrected chi connectivity index (χ0v) is 25.2.